The van der Waals surface area contributed by atoms with Gasteiger partial charge in [0.05, 0.1) is 10.7 Å². The Morgan fingerprint density at radius 2 is 1.73 bits per heavy atom. The number of hydrogen-bond donors (Lipinski definition) is 1. The Bertz CT molecular complexity index is 1410. The van der Waals surface area contributed by atoms with Crippen LogP contribution in [0.3, 0.4) is 0 Å². The lowest BCUT2D eigenvalue weighted by Crippen LogP contribution is -2.13. The number of rotatable bonds is 6. The number of benzene rings is 4. The second-order valence-electron chi connectivity index (χ2n) is 7.18. The van der Waals surface area contributed by atoms with Crippen molar-refractivity contribution in [1.82, 2.24) is 0 Å². The van der Waals surface area contributed by atoms with E-state index in [1.807, 2.05) is 36.4 Å². The number of para-hydroxylation sites is 1. The van der Waals surface area contributed by atoms with Crippen LogP contribution in [0.15, 0.2) is 90.5 Å². The standard InChI is InChI=1S/C27H18ClFN2O2/c28-23-10-4-6-12-25(23)31-27(32)20(16-30)15-22-21-9-3-1-7-18(21)13-14-26(22)33-17-19-8-2-5-11-24(19)29/h1-15H,17H2,(H,31,32)/b20-15+. The van der Waals surface area contributed by atoms with Gasteiger partial charge >= 0.3 is 0 Å². The first kappa shape index (κ1) is 22.1. The summed E-state index contributed by atoms with van der Waals surface area (Å²) in [5.74, 6) is -0.541. The molecule has 0 unspecified atom stereocenters. The summed E-state index contributed by atoms with van der Waals surface area (Å²) in [5, 5.41) is 14.4. The van der Waals surface area contributed by atoms with Gasteiger partial charge in [0.25, 0.3) is 5.91 Å². The van der Waals surface area contributed by atoms with Crippen LogP contribution in [0.5, 0.6) is 5.75 Å². The molecule has 0 fully saturated rings. The van der Waals surface area contributed by atoms with Crippen LogP contribution in [-0.2, 0) is 11.4 Å². The topological polar surface area (TPSA) is 62.1 Å². The van der Waals surface area contributed by atoms with Crippen molar-refractivity contribution in [3.63, 3.8) is 0 Å². The minimum atomic E-state index is -0.599. The van der Waals surface area contributed by atoms with Crippen molar-refractivity contribution < 1.29 is 13.9 Å². The SMILES string of the molecule is N#C/C(=C\c1c(OCc2ccccc2F)ccc2ccccc12)C(=O)Nc1ccccc1Cl. The number of halogens is 2. The average Bonchev–Trinajstić information content (AvgIpc) is 2.83. The van der Waals surface area contributed by atoms with Crippen LogP contribution in [-0.4, -0.2) is 5.91 Å². The van der Waals surface area contributed by atoms with Crippen LogP contribution in [0, 0.1) is 17.1 Å². The van der Waals surface area contributed by atoms with Crippen LogP contribution in [0.25, 0.3) is 16.8 Å². The minimum absolute atomic E-state index is 0.000436. The molecule has 1 amide bonds. The fourth-order valence-electron chi connectivity index (χ4n) is 3.37. The largest absolute Gasteiger partial charge is 0.488 e. The third-order valence-corrected chi connectivity index (χ3v) is 5.38. The van der Waals surface area contributed by atoms with Crippen molar-refractivity contribution in [2.45, 2.75) is 6.61 Å². The number of fused-ring (bicyclic) bond motifs is 1. The van der Waals surface area contributed by atoms with E-state index in [1.54, 1.807) is 48.5 Å². The lowest BCUT2D eigenvalue weighted by molar-refractivity contribution is -0.112. The van der Waals surface area contributed by atoms with Crippen LogP contribution >= 0.6 is 11.6 Å². The Balaban J connectivity index is 1.72. The van der Waals surface area contributed by atoms with Gasteiger partial charge in [-0.15, -0.1) is 0 Å². The molecule has 0 saturated carbocycles. The van der Waals surface area contributed by atoms with Crippen molar-refractivity contribution in [2.24, 2.45) is 0 Å². The molecule has 1 N–H and O–H groups in total. The second-order valence-corrected chi connectivity index (χ2v) is 7.59. The van der Waals surface area contributed by atoms with Crippen LogP contribution in [0.1, 0.15) is 11.1 Å². The van der Waals surface area contributed by atoms with Crippen molar-refractivity contribution in [3.05, 3.63) is 112 Å². The molecule has 0 aliphatic carbocycles. The molecule has 162 valence electrons. The molecule has 0 spiro atoms. The Morgan fingerprint density at radius 1 is 1.00 bits per heavy atom. The molecule has 6 heteroatoms. The molecule has 0 aliphatic rings. The van der Waals surface area contributed by atoms with Gasteiger partial charge in [0.1, 0.15) is 29.8 Å². The highest BCUT2D eigenvalue weighted by molar-refractivity contribution is 6.34. The molecule has 33 heavy (non-hydrogen) atoms. The molecule has 4 aromatic carbocycles. The van der Waals surface area contributed by atoms with Gasteiger partial charge in [0.15, 0.2) is 0 Å². The van der Waals surface area contributed by atoms with Crippen LogP contribution in [0.4, 0.5) is 10.1 Å². The van der Waals surface area contributed by atoms with Crippen molar-refractivity contribution in [3.8, 4) is 11.8 Å². The van der Waals surface area contributed by atoms with E-state index >= 15 is 0 Å². The van der Waals surface area contributed by atoms with Gasteiger partial charge < -0.3 is 10.1 Å². The zero-order valence-corrected chi connectivity index (χ0v) is 18.1. The maximum atomic E-state index is 14.1. The van der Waals surface area contributed by atoms with Gasteiger partial charge in [-0.1, -0.05) is 72.3 Å². The Labute approximate surface area is 195 Å². The number of carbonyl (C=O) groups is 1. The van der Waals surface area contributed by atoms with E-state index in [1.165, 1.54) is 12.1 Å². The predicted molar refractivity (Wildman–Crippen MR) is 128 cm³/mol. The molecule has 4 rings (SSSR count). The number of carbonyl (C=O) groups excluding carboxylic acids is 1. The number of anilines is 1. The van der Waals surface area contributed by atoms with E-state index in [9.17, 15) is 14.4 Å². The Morgan fingerprint density at radius 3 is 2.52 bits per heavy atom. The normalized spacial score (nSPS) is 11.1. The number of nitrogens with zero attached hydrogens (tertiary/aromatic N) is 1. The van der Waals surface area contributed by atoms with Crippen LogP contribution in [0.2, 0.25) is 5.02 Å². The first-order chi connectivity index (χ1) is 16.1. The molecule has 0 atom stereocenters. The predicted octanol–water partition coefficient (Wildman–Crippen LogP) is 6.76. The summed E-state index contributed by atoms with van der Waals surface area (Å²) in [6.07, 6.45) is 1.48. The molecule has 0 saturated heterocycles. The smallest absolute Gasteiger partial charge is 0.266 e. The number of hydrogen-bond acceptors (Lipinski definition) is 3. The summed E-state index contributed by atoms with van der Waals surface area (Å²) in [6.45, 7) is -0.000436. The van der Waals surface area contributed by atoms with Gasteiger partial charge in [-0.2, -0.15) is 5.26 Å². The highest BCUT2D eigenvalue weighted by atomic mass is 35.5. The molecule has 0 radical (unpaired) electrons. The summed E-state index contributed by atoms with van der Waals surface area (Å²) >= 11 is 6.12. The molecular weight excluding hydrogens is 439 g/mol. The molecule has 0 aromatic heterocycles. The fraction of sp³-hybridized carbons (Fsp3) is 0.0370. The molecular formula is C27H18ClFN2O2. The van der Waals surface area contributed by atoms with E-state index < -0.39 is 5.91 Å². The quantitative estimate of drug-likeness (QED) is 0.257. The first-order valence-electron chi connectivity index (χ1n) is 10.1. The van der Waals surface area contributed by atoms with Gasteiger partial charge in [-0.05, 0) is 41.1 Å². The summed E-state index contributed by atoms with van der Waals surface area (Å²) in [5.41, 5.74) is 1.23. The first-order valence-corrected chi connectivity index (χ1v) is 10.5. The Hall–Kier alpha value is -4.14. The zero-order chi connectivity index (χ0) is 23.2. The van der Waals surface area contributed by atoms with Gasteiger partial charge in [0.2, 0.25) is 0 Å². The van der Waals surface area contributed by atoms with Crippen molar-refractivity contribution in [2.75, 3.05) is 5.32 Å². The van der Waals surface area contributed by atoms with Gasteiger partial charge in [-0.3, -0.25) is 4.79 Å². The third-order valence-electron chi connectivity index (χ3n) is 5.05. The Kier molecular flexibility index (Phi) is 6.68. The third kappa shape index (κ3) is 5.03. The minimum Gasteiger partial charge on any atom is -0.488 e. The molecule has 0 aliphatic heterocycles. The molecule has 4 nitrogen and oxygen atoms in total. The van der Waals surface area contributed by atoms with Crippen LogP contribution < -0.4 is 10.1 Å². The molecule has 0 bridgehead atoms. The number of ether oxygens (including phenoxy) is 1. The van der Waals surface area contributed by atoms with Gasteiger partial charge in [0, 0.05) is 11.1 Å². The lowest BCUT2D eigenvalue weighted by atomic mass is 10.0. The summed E-state index contributed by atoms with van der Waals surface area (Å²) in [4.78, 5) is 12.8. The summed E-state index contributed by atoms with van der Waals surface area (Å²) in [7, 11) is 0. The van der Waals surface area contributed by atoms with Crippen molar-refractivity contribution >= 4 is 40.0 Å². The van der Waals surface area contributed by atoms with Gasteiger partial charge in [-0.25, -0.2) is 4.39 Å². The van der Waals surface area contributed by atoms with E-state index in [0.29, 0.717) is 27.6 Å². The number of amides is 1. The fourth-order valence-corrected chi connectivity index (χ4v) is 3.55. The van der Waals surface area contributed by atoms with E-state index in [2.05, 4.69) is 5.32 Å². The summed E-state index contributed by atoms with van der Waals surface area (Å²) in [6, 6.07) is 26.2. The summed E-state index contributed by atoms with van der Waals surface area (Å²) < 4.78 is 20.0. The van der Waals surface area contributed by atoms with E-state index in [-0.39, 0.29) is 18.0 Å². The lowest BCUT2D eigenvalue weighted by Gasteiger charge is -2.13. The highest BCUT2D eigenvalue weighted by Gasteiger charge is 2.15. The maximum absolute atomic E-state index is 14.1. The second kappa shape index (κ2) is 9.99. The monoisotopic (exact) mass is 456 g/mol. The van der Waals surface area contributed by atoms with E-state index in [0.717, 1.165) is 10.8 Å². The molecule has 0 heterocycles. The number of nitrogens with one attached hydrogen (secondary N) is 1. The highest BCUT2D eigenvalue weighted by Crippen LogP contribution is 2.31. The van der Waals surface area contributed by atoms with Crippen molar-refractivity contribution in [1.29, 1.82) is 5.26 Å². The average molecular weight is 457 g/mol. The molecule has 4 aromatic rings. The number of nitriles is 1. The maximum Gasteiger partial charge on any atom is 0.266 e. The zero-order valence-electron chi connectivity index (χ0n) is 17.4. The van der Waals surface area contributed by atoms with E-state index in [4.69, 9.17) is 16.3 Å².